The van der Waals surface area contributed by atoms with Crippen molar-refractivity contribution >= 4 is 28.6 Å². The molecule has 10 nitrogen and oxygen atoms in total. The minimum atomic E-state index is -0.437. The third-order valence-electron chi connectivity index (χ3n) is 8.92. The summed E-state index contributed by atoms with van der Waals surface area (Å²) in [5.41, 5.74) is 3.04. The van der Waals surface area contributed by atoms with Crippen LogP contribution in [0, 0.1) is 23.2 Å². The van der Waals surface area contributed by atoms with Crippen molar-refractivity contribution in [1.29, 1.82) is 0 Å². The second-order valence-corrected chi connectivity index (χ2v) is 11.6. The van der Waals surface area contributed by atoms with Gasteiger partial charge in [-0.15, -0.1) is 0 Å². The molecule has 4 aliphatic carbocycles. The first-order chi connectivity index (χ1) is 18.4. The molecule has 38 heavy (non-hydrogen) atoms. The third-order valence-corrected chi connectivity index (χ3v) is 8.92. The molecular formula is C28H30N6O4. The molecular weight excluding hydrogens is 484 g/mol. The van der Waals surface area contributed by atoms with Crippen LogP contribution in [0.15, 0.2) is 45.7 Å². The number of fused-ring (bicyclic) bond motifs is 2. The van der Waals surface area contributed by atoms with E-state index in [4.69, 9.17) is 4.42 Å². The van der Waals surface area contributed by atoms with Gasteiger partial charge in [-0.25, -0.2) is 14.3 Å². The smallest absolute Gasteiger partial charge is 0.408 e. The van der Waals surface area contributed by atoms with Crippen LogP contribution in [0.3, 0.4) is 0 Å². The summed E-state index contributed by atoms with van der Waals surface area (Å²) in [6, 6.07) is 8.49. The van der Waals surface area contributed by atoms with Gasteiger partial charge in [-0.3, -0.25) is 14.2 Å². The van der Waals surface area contributed by atoms with Crippen LogP contribution < -0.4 is 16.4 Å². The maximum atomic E-state index is 13.4. The van der Waals surface area contributed by atoms with Crippen LogP contribution in [0.2, 0.25) is 0 Å². The van der Waals surface area contributed by atoms with Gasteiger partial charge >= 0.3 is 5.76 Å². The molecule has 8 rings (SSSR count). The van der Waals surface area contributed by atoms with E-state index < -0.39 is 11.7 Å². The van der Waals surface area contributed by atoms with E-state index in [0.717, 1.165) is 23.3 Å². The quantitative estimate of drug-likeness (QED) is 0.408. The topological polar surface area (TPSA) is 124 Å². The summed E-state index contributed by atoms with van der Waals surface area (Å²) < 4.78 is 8.07. The van der Waals surface area contributed by atoms with Gasteiger partial charge in [0.25, 0.3) is 11.8 Å². The Morgan fingerprint density at radius 1 is 1.03 bits per heavy atom. The SMILES string of the molecule is Cn1c(=O)oc2ccc(CNC(=O)c3cc(C(=O)NCC45CC6CC(CC(C6)C4)C5)n4nccc4n3)cc21. The fraction of sp³-hybridized carbons (Fsp3) is 0.464. The number of oxazole rings is 1. The number of nitrogens with one attached hydrogen (secondary N) is 2. The molecule has 4 bridgehead atoms. The Balaban J connectivity index is 1.08. The van der Waals surface area contributed by atoms with Gasteiger partial charge in [-0.05, 0) is 79.4 Å². The van der Waals surface area contributed by atoms with Crippen molar-refractivity contribution in [3.05, 3.63) is 64.0 Å². The number of carbonyl (C=O) groups is 2. The number of aromatic nitrogens is 4. The number of carbonyl (C=O) groups excluding carboxylic acids is 2. The number of benzene rings is 1. The Hall–Kier alpha value is -3.95. The van der Waals surface area contributed by atoms with E-state index >= 15 is 0 Å². The first-order valence-electron chi connectivity index (χ1n) is 13.4. The normalized spacial score (nSPS) is 25.8. The Labute approximate surface area is 218 Å². The zero-order valence-electron chi connectivity index (χ0n) is 21.3. The molecule has 0 unspecified atom stereocenters. The van der Waals surface area contributed by atoms with Crippen molar-refractivity contribution in [2.75, 3.05) is 6.54 Å². The Bertz CT molecular complexity index is 1610. The lowest BCUT2D eigenvalue weighted by Gasteiger charge is -2.56. The molecule has 3 aromatic heterocycles. The van der Waals surface area contributed by atoms with Gasteiger partial charge in [-0.1, -0.05) is 6.07 Å². The van der Waals surface area contributed by atoms with E-state index in [9.17, 15) is 14.4 Å². The molecule has 2 amide bonds. The summed E-state index contributed by atoms with van der Waals surface area (Å²) >= 11 is 0. The monoisotopic (exact) mass is 514 g/mol. The summed E-state index contributed by atoms with van der Waals surface area (Å²) in [6.07, 6.45) is 9.27. The van der Waals surface area contributed by atoms with Gasteiger partial charge in [-0.2, -0.15) is 5.10 Å². The van der Waals surface area contributed by atoms with Gasteiger partial charge in [0.1, 0.15) is 11.4 Å². The van der Waals surface area contributed by atoms with Crippen LogP contribution in [0.5, 0.6) is 0 Å². The highest BCUT2D eigenvalue weighted by Gasteiger charge is 2.50. The third kappa shape index (κ3) is 3.90. The van der Waals surface area contributed by atoms with Crippen molar-refractivity contribution in [3.8, 4) is 0 Å². The minimum absolute atomic E-state index is 0.148. The fourth-order valence-corrected chi connectivity index (χ4v) is 7.61. The molecule has 0 spiro atoms. The summed E-state index contributed by atoms with van der Waals surface area (Å²) in [6.45, 7) is 0.898. The van der Waals surface area contributed by atoms with Crippen LogP contribution >= 0.6 is 0 Å². The van der Waals surface area contributed by atoms with Crippen molar-refractivity contribution < 1.29 is 14.0 Å². The molecule has 4 aliphatic rings. The van der Waals surface area contributed by atoms with Crippen LogP contribution in [0.4, 0.5) is 0 Å². The number of rotatable bonds is 6. The Kier molecular flexibility index (Phi) is 5.21. The van der Waals surface area contributed by atoms with Gasteiger partial charge in [0.15, 0.2) is 11.2 Å². The highest BCUT2D eigenvalue weighted by Crippen LogP contribution is 2.59. The molecule has 0 radical (unpaired) electrons. The van der Waals surface area contributed by atoms with E-state index in [1.807, 2.05) is 0 Å². The lowest BCUT2D eigenvalue weighted by molar-refractivity contribution is -0.0503. The molecule has 10 heteroatoms. The number of hydrogen-bond acceptors (Lipinski definition) is 6. The molecule has 0 aliphatic heterocycles. The Morgan fingerprint density at radius 2 is 1.76 bits per heavy atom. The maximum absolute atomic E-state index is 13.4. The summed E-state index contributed by atoms with van der Waals surface area (Å²) in [5.74, 6) is 1.36. The van der Waals surface area contributed by atoms with Gasteiger partial charge < -0.3 is 15.1 Å². The van der Waals surface area contributed by atoms with Gasteiger partial charge in [0.05, 0.1) is 11.7 Å². The maximum Gasteiger partial charge on any atom is 0.419 e. The van der Waals surface area contributed by atoms with E-state index in [-0.39, 0.29) is 23.6 Å². The molecule has 4 saturated carbocycles. The molecule has 2 N–H and O–H groups in total. The van der Waals surface area contributed by atoms with Gasteiger partial charge in [0.2, 0.25) is 0 Å². The van der Waals surface area contributed by atoms with E-state index in [0.29, 0.717) is 29.0 Å². The zero-order chi connectivity index (χ0) is 26.0. The highest BCUT2D eigenvalue weighted by atomic mass is 16.4. The number of amides is 2. The lowest BCUT2D eigenvalue weighted by Crippen LogP contribution is -2.51. The van der Waals surface area contributed by atoms with Crippen molar-refractivity contribution in [3.63, 3.8) is 0 Å². The largest absolute Gasteiger partial charge is 0.419 e. The van der Waals surface area contributed by atoms with Crippen LogP contribution in [0.1, 0.15) is 65.1 Å². The highest BCUT2D eigenvalue weighted by molar-refractivity contribution is 5.98. The molecule has 1 aromatic carbocycles. The summed E-state index contributed by atoms with van der Waals surface area (Å²) in [7, 11) is 1.64. The number of aryl methyl sites for hydroxylation is 1. The molecule has 4 fully saturated rings. The van der Waals surface area contributed by atoms with Crippen LogP contribution in [-0.4, -0.2) is 37.5 Å². The molecule has 4 aromatic rings. The predicted molar refractivity (Wildman–Crippen MR) is 139 cm³/mol. The second-order valence-electron chi connectivity index (χ2n) is 11.6. The van der Waals surface area contributed by atoms with Crippen molar-refractivity contribution in [2.45, 2.75) is 45.1 Å². The number of nitrogens with zero attached hydrogens (tertiary/aromatic N) is 4. The van der Waals surface area contributed by atoms with Crippen molar-refractivity contribution in [1.82, 2.24) is 29.8 Å². The minimum Gasteiger partial charge on any atom is -0.408 e. The molecule has 196 valence electrons. The average molecular weight is 515 g/mol. The second kappa shape index (κ2) is 8.54. The first-order valence-corrected chi connectivity index (χ1v) is 13.4. The van der Waals surface area contributed by atoms with E-state index in [2.05, 4.69) is 20.7 Å². The van der Waals surface area contributed by atoms with Gasteiger partial charge in [0, 0.05) is 32.3 Å². The van der Waals surface area contributed by atoms with Crippen LogP contribution in [0.25, 0.3) is 16.7 Å². The first kappa shape index (κ1) is 23.2. The summed E-state index contributed by atoms with van der Waals surface area (Å²) in [4.78, 5) is 42.6. The van der Waals surface area contributed by atoms with Crippen LogP contribution in [-0.2, 0) is 13.6 Å². The summed E-state index contributed by atoms with van der Waals surface area (Å²) in [5, 5.41) is 10.3. The zero-order valence-corrected chi connectivity index (χ0v) is 21.3. The standard InChI is InChI=1S/C28H30N6O4/c1-33-21-9-16(2-3-23(21)38-27(33)37)14-29-25(35)20-10-22(34-24(32-20)4-5-31-34)26(36)30-15-28-11-17-6-18(12-28)8-19(7-17)13-28/h2-5,9-10,17-19H,6-8,11-15H2,1H3,(H,29,35)(H,30,36). The predicted octanol–water partition coefficient (Wildman–Crippen LogP) is 3.05. The average Bonchev–Trinajstić information content (AvgIpc) is 3.48. The molecule has 0 saturated heterocycles. The fourth-order valence-electron chi connectivity index (χ4n) is 7.61. The molecule has 0 atom stereocenters. The number of hydrogen-bond donors (Lipinski definition) is 2. The molecule has 3 heterocycles. The lowest BCUT2D eigenvalue weighted by atomic mass is 9.49. The van der Waals surface area contributed by atoms with E-state index in [1.54, 1.807) is 37.5 Å². The van der Waals surface area contributed by atoms with E-state index in [1.165, 1.54) is 53.7 Å². The van der Waals surface area contributed by atoms with Crippen molar-refractivity contribution in [2.24, 2.45) is 30.2 Å². The Morgan fingerprint density at radius 3 is 2.50 bits per heavy atom.